The van der Waals surface area contributed by atoms with Gasteiger partial charge in [0.15, 0.2) is 0 Å². The third-order valence-corrected chi connectivity index (χ3v) is 3.41. The van der Waals surface area contributed by atoms with Crippen molar-refractivity contribution < 1.29 is 26.3 Å². The Hall–Kier alpha value is -2.92. The van der Waals surface area contributed by atoms with Crippen LogP contribution in [-0.2, 0) is 6.18 Å². The van der Waals surface area contributed by atoms with Gasteiger partial charge in [0, 0.05) is 6.20 Å². The molecular formula is C14H10F6N6. The fourth-order valence-corrected chi connectivity index (χ4v) is 2.42. The predicted octanol–water partition coefficient (Wildman–Crippen LogP) is 3.49. The summed E-state index contributed by atoms with van der Waals surface area (Å²) in [4.78, 5) is 11.5. The molecule has 0 bridgehead atoms. The molecule has 3 rings (SSSR count). The molecule has 12 heteroatoms. The molecule has 1 N–H and O–H groups in total. The number of aromatic nitrogens is 5. The molecule has 26 heavy (non-hydrogen) atoms. The maximum Gasteiger partial charge on any atom is 0.418 e. The van der Waals surface area contributed by atoms with Crippen molar-refractivity contribution in [3.8, 4) is 11.3 Å². The highest BCUT2D eigenvalue weighted by Gasteiger charge is 2.36. The van der Waals surface area contributed by atoms with Gasteiger partial charge in [0.1, 0.15) is 18.7 Å². The summed E-state index contributed by atoms with van der Waals surface area (Å²) in [6.07, 6.45) is -7.20. The lowest BCUT2D eigenvalue weighted by molar-refractivity contribution is -0.137. The van der Waals surface area contributed by atoms with E-state index in [9.17, 15) is 26.3 Å². The number of fused-ring (bicyclic) bond motifs is 1. The van der Waals surface area contributed by atoms with Crippen molar-refractivity contribution in [1.29, 1.82) is 0 Å². The summed E-state index contributed by atoms with van der Waals surface area (Å²) < 4.78 is 78.9. The monoisotopic (exact) mass is 376 g/mol. The normalized spacial score (nSPS) is 12.6. The van der Waals surface area contributed by atoms with Crippen molar-refractivity contribution in [2.45, 2.75) is 19.3 Å². The van der Waals surface area contributed by atoms with Crippen molar-refractivity contribution in [2.75, 3.05) is 11.9 Å². The van der Waals surface area contributed by atoms with Crippen molar-refractivity contribution in [3.63, 3.8) is 0 Å². The average Bonchev–Trinajstić information content (AvgIpc) is 2.98. The SMILES string of the molecule is Cc1nc2ncnn2c(NCC(F)(F)F)c1-c1ncccc1C(F)(F)F. The summed E-state index contributed by atoms with van der Waals surface area (Å²) in [6.45, 7) is -0.121. The minimum atomic E-state index is -4.76. The fourth-order valence-electron chi connectivity index (χ4n) is 2.42. The molecule has 6 nitrogen and oxygen atoms in total. The molecule has 0 radical (unpaired) electrons. The Labute approximate surface area is 141 Å². The van der Waals surface area contributed by atoms with E-state index < -0.39 is 30.2 Å². The quantitative estimate of drug-likeness (QED) is 0.709. The van der Waals surface area contributed by atoms with Crippen LogP contribution in [0.15, 0.2) is 24.7 Å². The van der Waals surface area contributed by atoms with Crippen molar-refractivity contribution in [2.24, 2.45) is 0 Å². The summed E-state index contributed by atoms with van der Waals surface area (Å²) >= 11 is 0. The number of rotatable bonds is 3. The van der Waals surface area contributed by atoms with E-state index in [-0.39, 0.29) is 22.9 Å². The van der Waals surface area contributed by atoms with Gasteiger partial charge in [0.2, 0.25) is 0 Å². The molecule has 0 amide bonds. The maximum absolute atomic E-state index is 13.3. The van der Waals surface area contributed by atoms with Crippen molar-refractivity contribution in [3.05, 3.63) is 35.9 Å². The van der Waals surface area contributed by atoms with Crippen LogP contribution in [0.2, 0.25) is 0 Å². The topological polar surface area (TPSA) is 68.0 Å². The molecule has 138 valence electrons. The van der Waals surface area contributed by atoms with Crippen molar-refractivity contribution in [1.82, 2.24) is 24.6 Å². The number of halogens is 6. The van der Waals surface area contributed by atoms with Gasteiger partial charge in [-0.15, -0.1) is 0 Å². The zero-order valence-corrected chi connectivity index (χ0v) is 13.0. The van der Waals surface area contributed by atoms with E-state index in [1.807, 2.05) is 0 Å². The Morgan fingerprint density at radius 3 is 2.50 bits per heavy atom. The molecule has 0 aliphatic heterocycles. The Morgan fingerprint density at radius 2 is 1.85 bits per heavy atom. The number of nitrogens with zero attached hydrogens (tertiary/aromatic N) is 5. The number of aryl methyl sites for hydroxylation is 1. The second kappa shape index (κ2) is 6.11. The van der Waals surface area contributed by atoms with Crippen LogP contribution in [0.1, 0.15) is 11.3 Å². The summed E-state index contributed by atoms with van der Waals surface area (Å²) in [5, 5.41) is 5.83. The second-order valence-corrected chi connectivity index (χ2v) is 5.26. The van der Waals surface area contributed by atoms with E-state index in [1.165, 1.54) is 6.92 Å². The maximum atomic E-state index is 13.3. The number of anilines is 1. The van der Waals surface area contributed by atoms with E-state index in [1.54, 1.807) is 0 Å². The van der Waals surface area contributed by atoms with Gasteiger partial charge in [0.05, 0.1) is 22.5 Å². The number of alkyl halides is 6. The van der Waals surface area contributed by atoms with E-state index >= 15 is 0 Å². The van der Waals surface area contributed by atoms with Crippen molar-refractivity contribution >= 4 is 11.6 Å². The van der Waals surface area contributed by atoms with E-state index in [2.05, 4.69) is 25.4 Å². The van der Waals surface area contributed by atoms with E-state index in [4.69, 9.17) is 0 Å². The summed E-state index contributed by atoms with van der Waals surface area (Å²) in [6, 6.07) is 1.88. The molecule has 0 saturated heterocycles. The Kier molecular flexibility index (Phi) is 4.20. The lowest BCUT2D eigenvalue weighted by atomic mass is 10.0. The first kappa shape index (κ1) is 17.9. The molecule has 0 fully saturated rings. The largest absolute Gasteiger partial charge is 0.418 e. The molecule has 0 saturated carbocycles. The highest BCUT2D eigenvalue weighted by atomic mass is 19.4. The molecule has 0 atom stereocenters. The predicted molar refractivity (Wildman–Crippen MR) is 78.3 cm³/mol. The lowest BCUT2D eigenvalue weighted by Gasteiger charge is -2.18. The molecule has 0 aliphatic rings. The zero-order valence-electron chi connectivity index (χ0n) is 13.0. The molecule has 0 aromatic carbocycles. The second-order valence-electron chi connectivity index (χ2n) is 5.26. The van der Waals surface area contributed by atoms with Crippen LogP contribution in [0, 0.1) is 6.92 Å². The zero-order chi connectivity index (χ0) is 19.1. The summed E-state index contributed by atoms with van der Waals surface area (Å²) in [5.74, 6) is -0.382. The minimum absolute atomic E-state index is 0.0272. The third kappa shape index (κ3) is 3.39. The van der Waals surface area contributed by atoms with Gasteiger partial charge in [-0.25, -0.2) is 4.98 Å². The standard InChI is InChI=1S/C14H10F6N6/c1-7-9(10-8(14(18,19)20)3-2-4-21-10)11(22-5-13(15,16)17)26-12(25-7)23-6-24-26/h2-4,6,22H,5H2,1H3. The van der Waals surface area contributed by atoms with Gasteiger partial charge >= 0.3 is 12.4 Å². The third-order valence-electron chi connectivity index (χ3n) is 3.41. The van der Waals surface area contributed by atoms with Gasteiger partial charge in [-0.05, 0) is 19.1 Å². The average molecular weight is 376 g/mol. The number of nitrogens with one attached hydrogen (secondary N) is 1. The molecule has 0 spiro atoms. The van der Waals surface area contributed by atoms with Gasteiger partial charge in [-0.2, -0.15) is 40.9 Å². The van der Waals surface area contributed by atoms with Crippen LogP contribution < -0.4 is 5.32 Å². The molecular weight excluding hydrogens is 366 g/mol. The molecule has 3 aromatic rings. The van der Waals surface area contributed by atoms with Crippen LogP contribution in [0.4, 0.5) is 32.2 Å². The van der Waals surface area contributed by atoms with Crippen LogP contribution in [0.5, 0.6) is 0 Å². The molecule has 3 aromatic heterocycles. The minimum Gasteiger partial charge on any atom is -0.360 e. The Bertz CT molecular complexity index is 945. The Morgan fingerprint density at radius 1 is 1.12 bits per heavy atom. The van der Waals surface area contributed by atoms with Crippen LogP contribution in [0.25, 0.3) is 17.0 Å². The van der Waals surface area contributed by atoms with Gasteiger partial charge in [-0.1, -0.05) is 0 Å². The first-order valence-corrected chi connectivity index (χ1v) is 7.11. The molecule has 3 heterocycles. The first-order valence-electron chi connectivity index (χ1n) is 7.11. The number of pyridine rings is 1. The first-order chi connectivity index (χ1) is 12.1. The fraction of sp³-hybridized carbons (Fsp3) is 0.286. The van der Waals surface area contributed by atoms with E-state index in [0.717, 1.165) is 29.2 Å². The summed E-state index contributed by atoms with van der Waals surface area (Å²) in [5.41, 5.74) is -1.86. The van der Waals surface area contributed by atoms with Gasteiger partial charge < -0.3 is 5.32 Å². The molecule has 0 unspecified atom stereocenters. The smallest absolute Gasteiger partial charge is 0.360 e. The Balaban J connectivity index is 2.28. The lowest BCUT2D eigenvalue weighted by Crippen LogP contribution is -2.24. The molecule has 0 aliphatic carbocycles. The van der Waals surface area contributed by atoms with Gasteiger partial charge in [-0.3, -0.25) is 4.98 Å². The van der Waals surface area contributed by atoms with Crippen LogP contribution in [0.3, 0.4) is 0 Å². The number of hydrogen-bond acceptors (Lipinski definition) is 5. The summed E-state index contributed by atoms with van der Waals surface area (Å²) in [7, 11) is 0. The van der Waals surface area contributed by atoms with Crippen LogP contribution in [-0.4, -0.2) is 37.3 Å². The number of hydrogen-bond donors (Lipinski definition) is 1. The van der Waals surface area contributed by atoms with E-state index in [0.29, 0.717) is 0 Å². The highest BCUT2D eigenvalue weighted by molar-refractivity contribution is 5.78. The van der Waals surface area contributed by atoms with Gasteiger partial charge in [0.25, 0.3) is 5.78 Å². The van der Waals surface area contributed by atoms with Crippen LogP contribution >= 0.6 is 0 Å². The highest BCUT2D eigenvalue weighted by Crippen LogP contribution is 2.39.